The van der Waals surface area contributed by atoms with Gasteiger partial charge in [0, 0.05) is 12.5 Å². The molecule has 0 saturated heterocycles. The highest BCUT2D eigenvalue weighted by Crippen LogP contribution is 2.27. The number of nitrogens with one attached hydrogen (secondary N) is 1. The maximum absolute atomic E-state index is 5.60. The van der Waals surface area contributed by atoms with Crippen LogP contribution < -0.4 is 10.1 Å². The minimum absolute atomic E-state index is 0.320. The van der Waals surface area contributed by atoms with Crippen LogP contribution >= 0.6 is 0 Å². The molecule has 0 amide bonds. The second-order valence-electron chi connectivity index (χ2n) is 5.00. The molecule has 1 N–H and O–H groups in total. The lowest BCUT2D eigenvalue weighted by molar-refractivity contribution is 0.340. The van der Waals surface area contributed by atoms with E-state index in [1.807, 2.05) is 31.2 Å². The smallest absolute Gasteiger partial charge is 0.228 e. The number of para-hydroxylation sites is 1. The molecule has 1 atom stereocenters. The van der Waals surface area contributed by atoms with Crippen LogP contribution in [0.5, 0.6) is 5.75 Å². The molecule has 0 aliphatic carbocycles. The van der Waals surface area contributed by atoms with Crippen LogP contribution in [0.2, 0.25) is 0 Å². The molecule has 0 aliphatic heterocycles. The van der Waals surface area contributed by atoms with Crippen LogP contribution in [-0.2, 0) is 6.42 Å². The van der Waals surface area contributed by atoms with E-state index >= 15 is 0 Å². The van der Waals surface area contributed by atoms with Crippen molar-refractivity contribution in [2.75, 3.05) is 13.2 Å². The molecular formula is C16H23N3O2. The Morgan fingerprint density at radius 1 is 1.29 bits per heavy atom. The quantitative estimate of drug-likeness (QED) is 0.809. The zero-order valence-electron chi connectivity index (χ0n) is 12.9. The van der Waals surface area contributed by atoms with E-state index in [1.165, 1.54) is 0 Å². The third-order valence-corrected chi connectivity index (χ3v) is 3.12. The van der Waals surface area contributed by atoms with E-state index in [0.29, 0.717) is 24.4 Å². The first-order chi connectivity index (χ1) is 10.2. The molecule has 114 valence electrons. The molecule has 0 aliphatic rings. The number of nitrogens with zero attached hydrogens (tertiary/aromatic N) is 2. The van der Waals surface area contributed by atoms with Crippen molar-refractivity contribution in [1.82, 2.24) is 15.5 Å². The molecule has 5 nitrogen and oxygen atoms in total. The second-order valence-corrected chi connectivity index (χ2v) is 5.00. The van der Waals surface area contributed by atoms with E-state index in [0.717, 1.165) is 30.7 Å². The van der Waals surface area contributed by atoms with E-state index in [-0.39, 0.29) is 0 Å². The summed E-state index contributed by atoms with van der Waals surface area (Å²) in [6, 6.07) is 8.06. The zero-order valence-corrected chi connectivity index (χ0v) is 12.9. The van der Waals surface area contributed by atoms with Gasteiger partial charge < -0.3 is 14.6 Å². The van der Waals surface area contributed by atoms with Crippen molar-refractivity contribution in [3.8, 4) is 17.1 Å². The van der Waals surface area contributed by atoms with Crippen LogP contribution in [0, 0.1) is 0 Å². The van der Waals surface area contributed by atoms with Gasteiger partial charge in [-0.05, 0) is 38.9 Å². The van der Waals surface area contributed by atoms with Gasteiger partial charge in [0.05, 0.1) is 12.2 Å². The molecule has 1 aromatic heterocycles. The van der Waals surface area contributed by atoms with E-state index in [4.69, 9.17) is 9.26 Å². The molecule has 0 saturated carbocycles. The summed E-state index contributed by atoms with van der Waals surface area (Å²) in [4.78, 5) is 4.47. The maximum Gasteiger partial charge on any atom is 0.228 e. The lowest BCUT2D eigenvalue weighted by Crippen LogP contribution is -2.28. The molecule has 0 fully saturated rings. The second kappa shape index (κ2) is 7.78. The number of aromatic nitrogens is 2. The van der Waals surface area contributed by atoms with Gasteiger partial charge in [-0.3, -0.25) is 0 Å². The van der Waals surface area contributed by atoms with Gasteiger partial charge in [-0.15, -0.1) is 0 Å². The topological polar surface area (TPSA) is 60.2 Å². The Morgan fingerprint density at radius 2 is 2.10 bits per heavy atom. The summed E-state index contributed by atoms with van der Waals surface area (Å²) in [5.74, 6) is 2.01. The Hall–Kier alpha value is -1.88. The Labute approximate surface area is 125 Å². The van der Waals surface area contributed by atoms with Gasteiger partial charge in [-0.2, -0.15) is 4.98 Å². The van der Waals surface area contributed by atoms with Crippen LogP contribution in [0.15, 0.2) is 28.8 Å². The summed E-state index contributed by atoms with van der Waals surface area (Å²) in [7, 11) is 0. The maximum atomic E-state index is 5.60. The fourth-order valence-electron chi connectivity index (χ4n) is 2.10. The third-order valence-electron chi connectivity index (χ3n) is 3.12. The highest BCUT2D eigenvalue weighted by atomic mass is 16.5. The predicted molar refractivity (Wildman–Crippen MR) is 82.4 cm³/mol. The largest absolute Gasteiger partial charge is 0.493 e. The number of hydrogen-bond donors (Lipinski definition) is 1. The molecule has 2 aromatic rings. The summed E-state index contributed by atoms with van der Waals surface area (Å²) < 4.78 is 10.9. The standard InChI is InChI=1S/C16H23N3O2/c1-4-10-17-12(3)11-15-18-16(19-21-15)13-8-6-7-9-14(13)20-5-2/h6-9,12,17H,4-5,10-11H2,1-3H3. The van der Waals surface area contributed by atoms with Gasteiger partial charge in [0.2, 0.25) is 11.7 Å². The van der Waals surface area contributed by atoms with Gasteiger partial charge in [0.1, 0.15) is 5.75 Å². The molecule has 1 aromatic carbocycles. The number of benzene rings is 1. The van der Waals surface area contributed by atoms with Gasteiger partial charge in [0.25, 0.3) is 0 Å². The van der Waals surface area contributed by atoms with E-state index < -0.39 is 0 Å². The predicted octanol–water partition coefficient (Wildman–Crippen LogP) is 3.07. The summed E-state index contributed by atoms with van der Waals surface area (Å²) in [6.07, 6.45) is 1.84. The lowest BCUT2D eigenvalue weighted by Gasteiger charge is -2.09. The fourth-order valence-corrected chi connectivity index (χ4v) is 2.10. The fraction of sp³-hybridized carbons (Fsp3) is 0.500. The number of ether oxygens (including phenoxy) is 1. The Kier molecular flexibility index (Phi) is 5.75. The minimum Gasteiger partial charge on any atom is -0.493 e. The molecule has 5 heteroatoms. The number of rotatable bonds is 8. The molecule has 0 spiro atoms. The minimum atomic E-state index is 0.320. The Morgan fingerprint density at radius 3 is 2.86 bits per heavy atom. The van der Waals surface area contributed by atoms with Crippen molar-refractivity contribution in [1.29, 1.82) is 0 Å². The third kappa shape index (κ3) is 4.29. The van der Waals surface area contributed by atoms with E-state index in [1.54, 1.807) is 0 Å². The average molecular weight is 289 g/mol. The first-order valence-electron chi connectivity index (χ1n) is 7.52. The van der Waals surface area contributed by atoms with E-state index in [9.17, 15) is 0 Å². The van der Waals surface area contributed by atoms with Crippen LogP contribution in [0.25, 0.3) is 11.4 Å². The van der Waals surface area contributed by atoms with Crippen molar-refractivity contribution in [3.05, 3.63) is 30.2 Å². The Balaban J connectivity index is 2.09. The van der Waals surface area contributed by atoms with Crippen LogP contribution in [0.1, 0.15) is 33.1 Å². The van der Waals surface area contributed by atoms with E-state index in [2.05, 4.69) is 29.3 Å². The van der Waals surface area contributed by atoms with Crippen molar-refractivity contribution >= 4 is 0 Å². The van der Waals surface area contributed by atoms with Crippen molar-refractivity contribution < 1.29 is 9.26 Å². The summed E-state index contributed by atoms with van der Waals surface area (Å²) in [5, 5.41) is 7.48. The molecule has 1 unspecified atom stereocenters. The van der Waals surface area contributed by atoms with Crippen molar-refractivity contribution in [3.63, 3.8) is 0 Å². The molecule has 0 radical (unpaired) electrons. The summed E-state index contributed by atoms with van der Waals surface area (Å²) >= 11 is 0. The van der Waals surface area contributed by atoms with Crippen LogP contribution in [-0.4, -0.2) is 29.3 Å². The normalized spacial score (nSPS) is 12.3. The first-order valence-corrected chi connectivity index (χ1v) is 7.52. The van der Waals surface area contributed by atoms with Gasteiger partial charge in [-0.25, -0.2) is 0 Å². The highest BCUT2D eigenvalue weighted by Gasteiger charge is 2.14. The summed E-state index contributed by atoms with van der Waals surface area (Å²) in [6.45, 7) is 7.83. The van der Waals surface area contributed by atoms with Gasteiger partial charge >= 0.3 is 0 Å². The molecule has 1 heterocycles. The molecule has 21 heavy (non-hydrogen) atoms. The van der Waals surface area contributed by atoms with Gasteiger partial charge in [-0.1, -0.05) is 24.2 Å². The monoisotopic (exact) mass is 289 g/mol. The van der Waals surface area contributed by atoms with Crippen LogP contribution in [0.4, 0.5) is 0 Å². The van der Waals surface area contributed by atoms with Crippen molar-refractivity contribution in [2.24, 2.45) is 0 Å². The first kappa shape index (κ1) is 15.5. The highest BCUT2D eigenvalue weighted by molar-refractivity contribution is 5.63. The zero-order chi connectivity index (χ0) is 15.1. The molecule has 2 rings (SSSR count). The van der Waals surface area contributed by atoms with Crippen LogP contribution in [0.3, 0.4) is 0 Å². The molecular weight excluding hydrogens is 266 g/mol. The lowest BCUT2D eigenvalue weighted by atomic mass is 10.2. The van der Waals surface area contributed by atoms with Gasteiger partial charge in [0.15, 0.2) is 0 Å². The molecule has 0 bridgehead atoms. The Bertz CT molecular complexity index is 554. The SMILES string of the molecule is CCCNC(C)Cc1nc(-c2ccccc2OCC)no1. The average Bonchev–Trinajstić information content (AvgIpc) is 2.94. The summed E-state index contributed by atoms with van der Waals surface area (Å²) in [5.41, 5.74) is 0.864. The number of hydrogen-bond acceptors (Lipinski definition) is 5. The van der Waals surface area contributed by atoms with Crippen molar-refractivity contribution in [2.45, 2.75) is 39.7 Å².